The van der Waals surface area contributed by atoms with Crippen LogP contribution in [0.2, 0.25) is 0 Å². The number of benzene rings is 3. The van der Waals surface area contributed by atoms with Gasteiger partial charge in [0.25, 0.3) is 5.91 Å². The molecule has 1 aliphatic heterocycles. The van der Waals surface area contributed by atoms with Crippen LogP contribution in [-0.2, 0) is 21.3 Å². The Labute approximate surface area is 211 Å². The minimum Gasteiger partial charge on any atom is -0.462 e. The Morgan fingerprint density at radius 2 is 1.56 bits per heavy atom. The molecule has 1 aliphatic rings. The molecule has 3 aromatic carbocycles. The summed E-state index contributed by atoms with van der Waals surface area (Å²) in [6, 6.07) is 22.5. The summed E-state index contributed by atoms with van der Waals surface area (Å²) in [6.45, 7) is 4.82. The Bertz CT molecular complexity index is 1300. The number of hydrogen-bond donors (Lipinski definition) is 1. The van der Waals surface area contributed by atoms with Crippen molar-refractivity contribution in [2.24, 2.45) is 0 Å². The summed E-state index contributed by atoms with van der Waals surface area (Å²) in [7, 11) is -3.47. The van der Waals surface area contributed by atoms with Crippen LogP contribution in [0.4, 0.5) is 5.69 Å². The topological polar surface area (TPSA) is 96.0 Å². The summed E-state index contributed by atoms with van der Waals surface area (Å²) in [5, 5.41) is 2.81. The van der Waals surface area contributed by atoms with Crippen LogP contribution < -0.4 is 5.32 Å². The van der Waals surface area contributed by atoms with Crippen LogP contribution in [0, 0.1) is 0 Å². The molecule has 0 atom stereocenters. The fraction of sp³-hybridized carbons (Fsp3) is 0.259. The molecule has 0 aliphatic carbocycles. The van der Waals surface area contributed by atoms with Gasteiger partial charge >= 0.3 is 5.97 Å². The largest absolute Gasteiger partial charge is 0.462 e. The first-order chi connectivity index (χ1) is 17.4. The molecule has 0 aromatic heterocycles. The molecule has 3 aromatic rings. The normalized spacial score (nSPS) is 14.8. The monoisotopic (exact) mass is 507 g/mol. The van der Waals surface area contributed by atoms with Crippen molar-refractivity contribution in [3.05, 3.63) is 95.6 Å². The second-order valence-electron chi connectivity index (χ2n) is 8.45. The van der Waals surface area contributed by atoms with Crippen molar-refractivity contribution in [1.29, 1.82) is 0 Å². The van der Waals surface area contributed by atoms with Crippen LogP contribution >= 0.6 is 0 Å². The van der Waals surface area contributed by atoms with E-state index in [2.05, 4.69) is 10.2 Å². The second kappa shape index (κ2) is 11.5. The van der Waals surface area contributed by atoms with Crippen molar-refractivity contribution in [2.45, 2.75) is 18.4 Å². The Hall–Kier alpha value is -3.53. The lowest BCUT2D eigenvalue weighted by molar-refractivity contribution is 0.0526. The van der Waals surface area contributed by atoms with Crippen LogP contribution in [0.5, 0.6) is 0 Å². The second-order valence-corrected chi connectivity index (χ2v) is 10.4. The van der Waals surface area contributed by atoms with Crippen molar-refractivity contribution >= 4 is 27.6 Å². The minimum atomic E-state index is -3.47. The van der Waals surface area contributed by atoms with E-state index in [-0.39, 0.29) is 12.5 Å². The van der Waals surface area contributed by atoms with Gasteiger partial charge in [0.15, 0.2) is 0 Å². The molecule has 0 bridgehead atoms. The molecule has 1 N–H and O–H groups in total. The van der Waals surface area contributed by atoms with E-state index < -0.39 is 16.0 Å². The van der Waals surface area contributed by atoms with E-state index in [9.17, 15) is 18.0 Å². The predicted octanol–water partition coefficient (Wildman–Crippen LogP) is 3.62. The molecular formula is C27H29N3O5S. The van der Waals surface area contributed by atoms with Gasteiger partial charge in [-0.25, -0.2) is 13.2 Å². The fourth-order valence-electron chi connectivity index (χ4n) is 4.03. The molecule has 0 saturated carbocycles. The Morgan fingerprint density at radius 3 is 2.22 bits per heavy atom. The third kappa shape index (κ3) is 6.17. The summed E-state index contributed by atoms with van der Waals surface area (Å²) in [5.74, 6) is -0.709. The van der Waals surface area contributed by atoms with Gasteiger partial charge in [-0.1, -0.05) is 36.4 Å². The van der Waals surface area contributed by atoms with E-state index in [1.54, 1.807) is 73.7 Å². The summed E-state index contributed by atoms with van der Waals surface area (Å²) in [4.78, 5) is 27.1. The average Bonchev–Trinajstić information content (AvgIpc) is 2.90. The lowest BCUT2D eigenvalue weighted by Crippen LogP contribution is -2.48. The van der Waals surface area contributed by atoms with Crippen molar-refractivity contribution < 1.29 is 22.7 Å². The number of rotatable bonds is 8. The summed E-state index contributed by atoms with van der Waals surface area (Å²) in [6.07, 6.45) is 0. The SMILES string of the molecule is CCOC(=O)c1cccc(NC(=O)c2ccc(CN3CCN(S(=O)(=O)c4ccccc4)CC3)cc2)c1. The van der Waals surface area contributed by atoms with Crippen LogP contribution in [0.25, 0.3) is 0 Å². The van der Waals surface area contributed by atoms with Gasteiger partial charge in [-0.05, 0) is 55.0 Å². The maximum Gasteiger partial charge on any atom is 0.338 e. The molecule has 0 radical (unpaired) electrons. The highest BCUT2D eigenvalue weighted by atomic mass is 32.2. The van der Waals surface area contributed by atoms with E-state index in [4.69, 9.17) is 4.74 Å². The summed E-state index contributed by atoms with van der Waals surface area (Å²) in [5.41, 5.74) is 2.42. The van der Waals surface area contributed by atoms with E-state index in [1.165, 1.54) is 4.31 Å². The molecule has 36 heavy (non-hydrogen) atoms. The maximum absolute atomic E-state index is 12.8. The Balaban J connectivity index is 1.31. The van der Waals surface area contributed by atoms with Gasteiger partial charge in [-0.15, -0.1) is 0 Å². The van der Waals surface area contributed by atoms with Crippen LogP contribution in [0.1, 0.15) is 33.2 Å². The van der Waals surface area contributed by atoms with E-state index in [0.717, 1.165) is 5.56 Å². The van der Waals surface area contributed by atoms with E-state index in [1.807, 2.05) is 12.1 Å². The molecular weight excluding hydrogens is 478 g/mol. The summed E-state index contributed by atoms with van der Waals surface area (Å²) >= 11 is 0. The molecule has 9 heteroatoms. The van der Waals surface area contributed by atoms with Gasteiger partial charge in [0, 0.05) is 44.0 Å². The van der Waals surface area contributed by atoms with Gasteiger partial charge in [-0.3, -0.25) is 9.69 Å². The molecule has 1 fully saturated rings. The molecule has 1 saturated heterocycles. The number of carbonyl (C=O) groups is 2. The minimum absolute atomic E-state index is 0.276. The molecule has 0 unspecified atom stereocenters. The molecule has 8 nitrogen and oxygen atoms in total. The highest BCUT2D eigenvalue weighted by Crippen LogP contribution is 2.19. The molecule has 4 rings (SSSR count). The van der Waals surface area contributed by atoms with Crippen molar-refractivity contribution in [3.63, 3.8) is 0 Å². The lowest BCUT2D eigenvalue weighted by atomic mass is 10.1. The number of hydrogen-bond acceptors (Lipinski definition) is 6. The number of amides is 1. The zero-order valence-corrected chi connectivity index (χ0v) is 20.9. The molecule has 188 valence electrons. The fourth-order valence-corrected chi connectivity index (χ4v) is 5.47. The number of sulfonamides is 1. The number of esters is 1. The van der Waals surface area contributed by atoms with Crippen molar-refractivity contribution in [3.8, 4) is 0 Å². The third-order valence-corrected chi connectivity index (χ3v) is 7.88. The first-order valence-corrected chi connectivity index (χ1v) is 13.3. The number of nitrogens with zero attached hydrogens (tertiary/aromatic N) is 2. The molecule has 0 spiro atoms. The van der Waals surface area contributed by atoms with Crippen molar-refractivity contribution in [2.75, 3.05) is 38.1 Å². The van der Waals surface area contributed by atoms with Crippen LogP contribution in [-0.4, -0.2) is 62.3 Å². The number of ether oxygens (including phenoxy) is 1. The first-order valence-electron chi connectivity index (χ1n) is 11.8. The van der Waals surface area contributed by atoms with Gasteiger partial charge < -0.3 is 10.1 Å². The van der Waals surface area contributed by atoms with Gasteiger partial charge in [-0.2, -0.15) is 4.31 Å². The standard InChI is InChI=1S/C27H29N3O5S/c1-2-35-27(32)23-7-6-8-24(19-23)28-26(31)22-13-11-21(12-14-22)20-29-15-17-30(18-16-29)36(33,34)25-9-4-3-5-10-25/h3-14,19H,2,15-18,20H2,1H3,(H,28,31). The van der Waals surface area contributed by atoms with Gasteiger partial charge in [0.05, 0.1) is 17.1 Å². The van der Waals surface area contributed by atoms with Crippen molar-refractivity contribution in [1.82, 2.24) is 9.21 Å². The summed E-state index contributed by atoms with van der Waals surface area (Å²) < 4.78 is 32.2. The predicted molar refractivity (Wildman–Crippen MR) is 137 cm³/mol. The van der Waals surface area contributed by atoms with E-state index >= 15 is 0 Å². The highest BCUT2D eigenvalue weighted by Gasteiger charge is 2.28. The van der Waals surface area contributed by atoms with Crippen LogP contribution in [0.15, 0.2) is 83.8 Å². The van der Waals surface area contributed by atoms with Gasteiger partial charge in [0.2, 0.25) is 10.0 Å². The number of nitrogens with one attached hydrogen (secondary N) is 1. The maximum atomic E-state index is 12.8. The average molecular weight is 508 g/mol. The molecule has 1 amide bonds. The quantitative estimate of drug-likeness (QED) is 0.468. The third-order valence-electron chi connectivity index (χ3n) is 5.97. The van der Waals surface area contributed by atoms with Crippen LogP contribution in [0.3, 0.4) is 0 Å². The van der Waals surface area contributed by atoms with Gasteiger partial charge in [0.1, 0.15) is 0 Å². The molecule has 1 heterocycles. The van der Waals surface area contributed by atoms with E-state index in [0.29, 0.717) is 54.4 Å². The lowest BCUT2D eigenvalue weighted by Gasteiger charge is -2.34. The Morgan fingerprint density at radius 1 is 0.861 bits per heavy atom. The number of carbonyl (C=O) groups excluding carboxylic acids is 2. The Kier molecular flexibility index (Phi) is 8.14. The first kappa shape index (κ1) is 25.6. The number of piperazine rings is 1. The smallest absolute Gasteiger partial charge is 0.338 e. The highest BCUT2D eigenvalue weighted by molar-refractivity contribution is 7.89. The zero-order chi connectivity index (χ0) is 25.5. The number of anilines is 1. The zero-order valence-electron chi connectivity index (χ0n) is 20.1.